The molecule has 0 amide bonds. The number of carboxylic acid groups (broad SMARTS) is 1. The smallest absolute Gasteiger partial charge is 0.335 e. The number of benzene rings is 1. The summed E-state index contributed by atoms with van der Waals surface area (Å²) in [7, 11) is 1.43. The van der Waals surface area contributed by atoms with Crippen molar-refractivity contribution in [2.75, 3.05) is 0 Å². The minimum absolute atomic E-state index is 0.269. The second-order valence-corrected chi connectivity index (χ2v) is 5.29. The number of rotatable bonds is 4. The molecular weight excluding hydrogens is 252 g/mol. The van der Waals surface area contributed by atoms with Gasteiger partial charge in [0.15, 0.2) is 0 Å². The second-order valence-electron chi connectivity index (χ2n) is 3.23. The molecule has 0 radical (unpaired) electrons. The summed E-state index contributed by atoms with van der Waals surface area (Å²) in [6.45, 7) is 2.02. The standard InChI is InChI=1S/C10H11ClO2S2/c1-6(15-14)4-8-5-7(10(12)13)2-3-9(8)11/h2-3,5-6,14H,4H2,1H3,(H,12,13). The monoisotopic (exact) mass is 262 g/mol. The van der Waals surface area contributed by atoms with Crippen molar-refractivity contribution in [2.24, 2.45) is 0 Å². The fraction of sp³-hybridized carbons (Fsp3) is 0.300. The van der Waals surface area contributed by atoms with E-state index in [2.05, 4.69) is 11.7 Å². The number of carbonyl (C=O) groups is 1. The average molecular weight is 263 g/mol. The summed E-state index contributed by atoms with van der Waals surface area (Å²) in [5, 5.41) is 9.73. The third-order valence-electron chi connectivity index (χ3n) is 1.98. The fourth-order valence-corrected chi connectivity index (χ4v) is 1.88. The van der Waals surface area contributed by atoms with Gasteiger partial charge < -0.3 is 5.11 Å². The highest BCUT2D eigenvalue weighted by Gasteiger charge is 2.10. The zero-order chi connectivity index (χ0) is 11.4. The van der Waals surface area contributed by atoms with E-state index in [4.69, 9.17) is 16.7 Å². The molecule has 0 heterocycles. The maximum Gasteiger partial charge on any atom is 0.335 e. The van der Waals surface area contributed by atoms with Gasteiger partial charge in [-0.05, 0) is 30.2 Å². The van der Waals surface area contributed by atoms with Gasteiger partial charge in [0.25, 0.3) is 0 Å². The maximum atomic E-state index is 10.8. The van der Waals surface area contributed by atoms with Crippen LogP contribution in [0.4, 0.5) is 0 Å². The van der Waals surface area contributed by atoms with E-state index in [0.717, 1.165) is 5.56 Å². The Morgan fingerprint density at radius 3 is 2.87 bits per heavy atom. The first-order valence-electron chi connectivity index (χ1n) is 4.36. The molecule has 0 aliphatic carbocycles. The van der Waals surface area contributed by atoms with Gasteiger partial charge in [0.05, 0.1) is 5.56 Å². The quantitative estimate of drug-likeness (QED) is 0.644. The Kier molecular flexibility index (Phi) is 4.83. The Hall–Kier alpha value is -0.320. The van der Waals surface area contributed by atoms with Crippen LogP contribution in [-0.2, 0) is 6.42 Å². The summed E-state index contributed by atoms with van der Waals surface area (Å²) in [6, 6.07) is 4.74. The van der Waals surface area contributed by atoms with E-state index in [-0.39, 0.29) is 5.56 Å². The molecule has 1 unspecified atom stereocenters. The van der Waals surface area contributed by atoms with Crippen molar-refractivity contribution in [3.63, 3.8) is 0 Å². The largest absolute Gasteiger partial charge is 0.478 e. The summed E-state index contributed by atoms with van der Waals surface area (Å²) < 4.78 is 0. The third-order valence-corrected chi connectivity index (χ3v) is 3.95. The van der Waals surface area contributed by atoms with E-state index in [0.29, 0.717) is 16.7 Å². The summed E-state index contributed by atoms with van der Waals surface area (Å²) in [4.78, 5) is 10.8. The maximum absolute atomic E-state index is 10.8. The summed E-state index contributed by atoms with van der Waals surface area (Å²) in [5.41, 5.74) is 1.12. The number of thiol groups is 1. The lowest BCUT2D eigenvalue weighted by atomic mass is 10.1. The summed E-state index contributed by atoms with van der Waals surface area (Å²) in [5.74, 6) is -0.931. The lowest BCUT2D eigenvalue weighted by Gasteiger charge is -2.09. The SMILES string of the molecule is CC(Cc1cc(C(=O)O)ccc1Cl)SS. The fourth-order valence-electron chi connectivity index (χ4n) is 1.21. The lowest BCUT2D eigenvalue weighted by molar-refractivity contribution is 0.0697. The van der Waals surface area contributed by atoms with Gasteiger partial charge in [-0.3, -0.25) is 0 Å². The highest BCUT2D eigenvalue weighted by molar-refractivity contribution is 8.68. The van der Waals surface area contributed by atoms with Crippen molar-refractivity contribution in [1.82, 2.24) is 0 Å². The van der Waals surface area contributed by atoms with Crippen LogP contribution in [0, 0.1) is 0 Å². The van der Waals surface area contributed by atoms with E-state index >= 15 is 0 Å². The van der Waals surface area contributed by atoms with Crippen molar-refractivity contribution in [3.8, 4) is 0 Å². The van der Waals surface area contributed by atoms with Gasteiger partial charge in [-0.1, -0.05) is 29.3 Å². The molecule has 1 atom stereocenters. The van der Waals surface area contributed by atoms with Crippen LogP contribution < -0.4 is 0 Å². The Labute approximate surface area is 103 Å². The van der Waals surface area contributed by atoms with Crippen LogP contribution in [0.1, 0.15) is 22.8 Å². The molecule has 0 aromatic heterocycles. The molecule has 15 heavy (non-hydrogen) atoms. The van der Waals surface area contributed by atoms with Crippen LogP contribution in [0.3, 0.4) is 0 Å². The minimum atomic E-state index is -0.931. The molecule has 1 rings (SSSR count). The van der Waals surface area contributed by atoms with Gasteiger partial charge in [-0.15, -0.1) is 11.7 Å². The Morgan fingerprint density at radius 1 is 1.67 bits per heavy atom. The van der Waals surface area contributed by atoms with Gasteiger partial charge in [-0.2, -0.15) is 0 Å². The highest BCUT2D eigenvalue weighted by Crippen LogP contribution is 2.24. The Morgan fingerprint density at radius 2 is 2.33 bits per heavy atom. The van der Waals surface area contributed by atoms with E-state index < -0.39 is 5.97 Å². The summed E-state index contributed by atoms with van der Waals surface area (Å²) in [6.07, 6.45) is 0.716. The molecule has 2 nitrogen and oxygen atoms in total. The number of carboxylic acids is 1. The zero-order valence-corrected chi connectivity index (χ0v) is 10.6. The molecule has 0 spiro atoms. The van der Waals surface area contributed by atoms with Crippen LogP contribution in [0.15, 0.2) is 18.2 Å². The predicted molar refractivity (Wildman–Crippen MR) is 68.2 cm³/mol. The Bertz CT molecular complexity index is 368. The van der Waals surface area contributed by atoms with Crippen molar-refractivity contribution in [3.05, 3.63) is 34.3 Å². The van der Waals surface area contributed by atoms with Crippen LogP contribution in [0.5, 0.6) is 0 Å². The van der Waals surface area contributed by atoms with Crippen molar-refractivity contribution in [2.45, 2.75) is 18.6 Å². The molecule has 1 aromatic carbocycles. The first-order chi connectivity index (χ1) is 7.04. The molecule has 5 heteroatoms. The summed E-state index contributed by atoms with van der Waals surface area (Å²) >= 11 is 10.1. The van der Waals surface area contributed by atoms with Gasteiger partial charge in [0, 0.05) is 10.3 Å². The topological polar surface area (TPSA) is 37.3 Å². The Balaban J connectivity index is 2.95. The molecule has 0 aliphatic rings. The second kappa shape index (κ2) is 5.68. The molecule has 82 valence electrons. The normalized spacial score (nSPS) is 12.5. The highest BCUT2D eigenvalue weighted by atomic mass is 35.5. The molecule has 1 aromatic rings. The van der Waals surface area contributed by atoms with Gasteiger partial charge in [-0.25, -0.2) is 4.79 Å². The van der Waals surface area contributed by atoms with E-state index in [1.54, 1.807) is 12.1 Å². The molecule has 0 aliphatic heterocycles. The van der Waals surface area contributed by atoms with Crippen molar-refractivity contribution in [1.29, 1.82) is 0 Å². The first-order valence-corrected chi connectivity index (χ1v) is 6.67. The average Bonchev–Trinajstić information content (AvgIpc) is 2.20. The van der Waals surface area contributed by atoms with Gasteiger partial charge in [0.2, 0.25) is 0 Å². The molecule has 0 fully saturated rings. The predicted octanol–water partition coefficient (Wildman–Crippen LogP) is 3.55. The van der Waals surface area contributed by atoms with Crippen molar-refractivity contribution >= 4 is 40.0 Å². The van der Waals surface area contributed by atoms with E-state index in [1.165, 1.54) is 16.9 Å². The van der Waals surface area contributed by atoms with E-state index in [1.807, 2.05) is 6.92 Å². The minimum Gasteiger partial charge on any atom is -0.478 e. The first kappa shape index (κ1) is 12.7. The number of aromatic carboxylic acids is 1. The molecular formula is C10H11ClO2S2. The van der Waals surface area contributed by atoms with Gasteiger partial charge in [0.1, 0.15) is 0 Å². The van der Waals surface area contributed by atoms with Crippen LogP contribution in [-0.4, -0.2) is 16.3 Å². The van der Waals surface area contributed by atoms with Crippen LogP contribution >= 0.6 is 34.1 Å². The molecule has 0 bridgehead atoms. The molecule has 1 N–H and O–H groups in total. The number of hydrogen-bond donors (Lipinski definition) is 2. The zero-order valence-electron chi connectivity index (χ0n) is 8.11. The van der Waals surface area contributed by atoms with Crippen LogP contribution in [0.25, 0.3) is 0 Å². The lowest BCUT2D eigenvalue weighted by Crippen LogP contribution is -2.03. The molecule has 0 saturated heterocycles. The molecule has 0 saturated carbocycles. The van der Waals surface area contributed by atoms with Crippen molar-refractivity contribution < 1.29 is 9.90 Å². The van der Waals surface area contributed by atoms with E-state index in [9.17, 15) is 4.79 Å². The third kappa shape index (κ3) is 3.63. The number of halogens is 1. The number of hydrogen-bond acceptors (Lipinski definition) is 3. The van der Waals surface area contributed by atoms with Crippen LogP contribution in [0.2, 0.25) is 5.02 Å². The van der Waals surface area contributed by atoms with Gasteiger partial charge >= 0.3 is 5.97 Å².